The molecule has 0 aromatic heterocycles. The fourth-order valence-electron chi connectivity index (χ4n) is 1.03. The predicted molar refractivity (Wildman–Crippen MR) is 54.8 cm³/mol. The minimum atomic E-state index is -0.661. The van der Waals surface area contributed by atoms with Gasteiger partial charge in [0, 0.05) is 17.5 Å². The van der Waals surface area contributed by atoms with E-state index in [-0.39, 0.29) is 0 Å². The van der Waals surface area contributed by atoms with Crippen molar-refractivity contribution in [2.24, 2.45) is 0 Å². The molecule has 72 valence electrons. The highest BCUT2D eigenvalue weighted by Gasteiger charge is 2.10. The van der Waals surface area contributed by atoms with Crippen LogP contribution in [0.2, 0.25) is 5.02 Å². The molecule has 1 atom stereocenters. The van der Waals surface area contributed by atoms with Gasteiger partial charge in [0.1, 0.15) is 0 Å². The molecule has 2 nitrogen and oxygen atoms in total. The van der Waals surface area contributed by atoms with Crippen molar-refractivity contribution in [2.45, 2.75) is 13.0 Å². The minimum Gasteiger partial charge on any atom is -0.444 e. The summed E-state index contributed by atoms with van der Waals surface area (Å²) in [6.07, 6.45) is 4.57. The summed E-state index contributed by atoms with van der Waals surface area (Å²) in [5.41, 5.74) is 0.704. The summed E-state index contributed by atoms with van der Waals surface area (Å²) in [7, 11) is 0. The van der Waals surface area contributed by atoms with Crippen LogP contribution in [0.3, 0.4) is 0 Å². The Morgan fingerprint density at radius 1 is 1.64 bits per heavy atom. The molecule has 14 heavy (non-hydrogen) atoms. The summed E-state index contributed by atoms with van der Waals surface area (Å²) in [5, 5.41) is 0.565. The predicted octanol–water partition coefficient (Wildman–Crippen LogP) is 2.58. The SMILES string of the molecule is C#C[C@@H](OC(C)=O)c1cccc(Cl)c1. The molecule has 0 aliphatic carbocycles. The first-order valence-electron chi connectivity index (χ1n) is 4.02. The second kappa shape index (κ2) is 4.69. The van der Waals surface area contributed by atoms with Gasteiger partial charge in [-0.1, -0.05) is 29.7 Å². The van der Waals surface area contributed by atoms with Crippen molar-refractivity contribution < 1.29 is 9.53 Å². The van der Waals surface area contributed by atoms with Gasteiger partial charge in [0.2, 0.25) is 0 Å². The normalized spacial score (nSPS) is 11.5. The maximum absolute atomic E-state index is 10.7. The molecule has 1 rings (SSSR count). The van der Waals surface area contributed by atoms with E-state index in [1.54, 1.807) is 24.3 Å². The number of ether oxygens (including phenoxy) is 1. The number of benzene rings is 1. The molecule has 0 radical (unpaired) electrons. The van der Waals surface area contributed by atoms with Crippen molar-refractivity contribution in [3.63, 3.8) is 0 Å². The van der Waals surface area contributed by atoms with E-state index in [0.717, 1.165) is 0 Å². The second-order valence-corrected chi connectivity index (χ2v) is 3.15. The molecule has 0 unspecified atom stereocenters. The first-order chi connectivity index (χ1) is 6.63. The Bertz CT molecular complexity index is 379. The molecule has 0 heterocycles. The van der Waals surface area contributed by atoms with Crippen LogP contribution in [-0.4, -0.2) is 5.97 Å². The number of halogens is 1. The van der Waals surface area contributed by atoms with Gasteiger partial charge in [0.15, 0.2) is 6.10 Å². The van der Waals surface area contributed by atoms with E-state index in [2.05, 4.69) is 5.92 Å². The molecule has 0 amide bonds. The molecule has 0 aliphatic rings. The summed E-state index contributed by atoms with van der Waals surface area (Å²) >= 11 is 5.77. The fourth-order valence-corrected chi connectivity index (χ4v) is 1.23. The van der Waals surface area contributed by atoms with Gasteiger partial charge in [-0.3, -0.25) is 4.79 Å². The van der Waals surface area contributed by atoms with Crippen LogP contribution in [0.15, 0.2) is 24.3 Å². The number of terminal acetylenes is 1. The van der Waals surface area contributed by atoms with Crippen molar-refractivity contribution >= 4 is 17.6 Å². The molecular weight excluding hydrogens is 200 g/mol. The summed E-state index contributed by atoms with van der Waals surface area (Å²) < 4.78 is 4.91. The standard InChI is InChI=1S/C11H9ClO2/c1-3-11(14-8(2)13)9-5-4-6-10(12)7-9/h1,4-7,11H,2H3/t11-/m1/s1. The van der Waals surface area contributed by atoms with Crippen LogP contribution in [0.4, 0.5) is 0 Å². The largest absolute Gasteiger partial charge is 0.444 e. The Balaban J connectivity index is 2.90. The highest BCUT2D eigenvalue weighted by molar-refractivity contribution is 6.30. The van der Waals surface area contributed by atoms with Crippen LogP contribution in [0.1, 0.15) is 18.6 Å². The lowest BCUT2D eigenvalue weighted by molar-refractivity contribution is -0.144. The number of rotatable bonds is 2. The van der Waals surface area contributed by atoms with E-state index in [4.69, 9.17) is 22.8 Å². The third-order valence-electron chi connectivity index (χ3n) is 1.59. The lowest BCUT2D eigenvalue weighted by Crippen LogP contribution is -2.06. The first kappa shape index (κ1) is 10.6. The lowest BCUT2D eigenvalue weighted by Gasteiger charge is -2.10. The molecule has 0 fully saturated rings. The molecule has 0 saturated heterocycles. The number of carbonyl (C=O) groups excluding carboxylic acids is 1. The van der Waals surface area contributed by atoms with Gasteiger partial charge in [-0.25, -0.2) is 0 Å². The highest BCUT2D eigenvalue weighted by Crippen LogP contribution is 2.20. The Kier molecular flexibility index (Phi) is 3.55. The zero-order valence-electron chi connectivity index (χ0n) is 7.66. The second-order valence-electron chi connectivity index (χ2n) is 2.71. The maximum atomic E-state index is 10.7. The highest BCUT2D eigenvalue weighted by atomic mass is 35.5. The van der Waals surface area contributed by atoms with Gasteiger partial charge >= 0.3 is 5.97 Å². The Labute approximate surface area is 87.8 Å². The van der Waals surface area contributed by atoms with Crippen LogP contribution in [0.5, 0.6) is 0 Å². The maximum Gasteiger partial charge on any atom is 0.304 e. The number of hydrogen-bond donors (Lipinski definition) is 0. The Morgan fingerprint density at radius 3 is 2.86 bits per heavy atom. The molecule has 0 aliphatic heterocycles. The third kappa shape index (κ3) is 2.79. The van der Waals surface area contributed by atoms with Crippen LogP contribution in [-0.2, 0) is 9.53 Å². The van der Waals surface area contributed by atoms with E-state index in [1.807, 2.05) is 0 Å². The van der Waals surface area contributed by atoms with Crippen molar-refractivity contribution in [3.8, 4) is 12.3 Å². The zero-order valence-corrected chi connectivity index (χ0v) is 8.41. The van der Waals surface area contributed by atoms with Gasteiger partial charge in [-0.05, 0) is 12.1 Å². The number of hydrogen-bond acceptors (Lipinski definition) is 2. The minimum absolute atomic E-state index is 0.409. The van der Waals surface area contributed by atoms with Crippen molar-refractivity contribution in [1.82, 2.24) is 0 Å². The van der Waals surface area contributed by atoms with Gasteiger partial charge in [0.05, 0.1) is 0 Å². The smallest absolute Gasteiger partial charge is 0.304 e. The molecule has 0 N–H and O–H groups in total. The van der Waals surface area contributed by atoms with E-state index in [0.29, 0.717) is 10.6 Å². The number of carbonyl (C=O) groups is 1. The molecule has 0 bridgehead atoms. The van der Waals surface area contributed by atoms with Crippen LogP contribution in [0.25, 0.3) is 0 Å². The van der Waals surface area contributed by atoms with Crippen LogP contribution < -0.4 is 0 Å². The Morgan fingerprint density at radius 2 is 2.36 bits per heavy atom. The van der Waals surface area contributed by atoms with Gasteiger partial charge < -0.3 is 4.74 Å². The van der Waals surface area contributed by atoms with Gasteiger partial charge in [-0.15, -0.1) is 6.42 Å². The summed E-state index contributed by atoms with van der Waals surface area (Å²) in [4.78, 5) is 10.7. The average Bonchev–Trinajstić information content (AvgIpc) is 2.14. The first-order valence-corrected chi connectivity index (χ1v) is 4.40. The lowest BCUT2D eigenvalue weighted by atomic mass is 10.1. The van der Waals surface area contributed by atoms with E-state index in [9.17, 15) is 4.79 Å². The van der Waals surface area contributed by atoms with Gasteiger partial charge in [-0.2, -0.15) is 0 Å². The quantitative estimate of drug-likeness (QED) is 0.552. The molecule has 1 aromatic rings. The summed E-state index contributed by atoms with van der Waals surface area (Å²) in [6, 6.07) is 6.92. The van der Waals surface area contributed by atoms with Gasteiger partial charge in [0.25, 0.3) is 0 Å². The third-order valence-corrected chi connectivity index (χ3v) is 1.82. The van der Waals surface area contributed by atoms with Crippen LogP contribution in [0, 0.1) is 12.3 Å². The number of esters is 1. The van der Waals surface area contributed by atoms with E-state index in [1.165, 1.54) is 6.92 Å². The zero-order chi connectivity index (χ0) is 10.6. The molecule has 0 saturated carbocycles. The molecular formula is C11H9ClO2. The monoisotopic (exact) mass is 208 g/mol. The van der Waals surface area contributed by atoms with Crippen molar-refractivity contribution in [1.29, 1.82) is 0 Å². The van der Waals surface area contributed by atoms with Crippen molar-refractivity contribution in [2.75, 3.05) is 0 Å². The molecule has 0 spiro atoms. The van der Waals surface area contributed by atoms with Crippen LogP contribution >= 0.6 is 11.6 Å². The summed E-state index contributed by atoms with van der Waals surface area (Å²) in [6.45, 7) is 1.31. The van der Waals surface area contributed by atoms with E-state index >= 15 is 0 Å². The fraction of sp³-hybridized carbons (Fsp3) is 0.182. The molecule has 1 aromatic carbocycles. The molecule has 3 heteroatoms. The Hall–Kier alpha value is -1.46. The summed E-state index contributed by atoms with van der Waals surface area (Å²) in [5.74, 6) is 1.97. The van der Waals surface area contributed by atoms with E-state index < -0.39 is 12.1 Å². The topological polar surface area (TPSA) is 26.3 Å². The average molecular weight is 209 g/mol. The van der Waals surface area contributed by atoms with Crippen molar-refractivity contribution in [3.05, 3.63) is 34.9 Å².